The van der Waals surface area contributed by atoms with Crippen LogP contribution in [0.15, 0.2) is 42.5 Å². The molecule has 0 fully saturated rings. The van der Waals surface area contributed by atoms with Gasteiger partial charge < -0.3 is 19.7 Å². The van der Waals surface area contributed by atoms with Crippen LogP contribution in [0.2, 0.25) is 0 Å². The lowest BCUT2D eigenvalue weighted by molar-refractivity contribution is 0.0636. The summed E-state index contributed by atoms with van der Waals surface area (Å²) in [5, 5.41) is 20.8. The first kappa shape index (κ1) is 19.0. The van der Waals surface area contributed by atoms with Crippen LogP contribution in [0.25, 0.3) is 10.9 Å². The number of fused-ring (bicyclic) bond motifs is 1. The lowest BCUT2D eigenvalue weighted by Gasteiger charge is -2.30. The van der Waals surface area contributed by atoms with Crippen LogP contribution in [0.1, 0.15) is 40.1 Å². The van der Waals surface area contributed by atoms with E-state index in [9.17, 15) is 15.0 Å². The van der Waals surface area contributed by atoms with Crippen LogP contribution in [-0.4, -0.2) is 38.7 Å². The van der Waals surface area contributed by atoms with Gasteiger partial charge in [0.1, 0.15) is 11.4 Å². The molecule has 5 heteroatoms. The van der Waals surface area contributed by atoms with Crippen molar-refractivity contribution in [2.45, 2.75) is 26.8 Å². The molecule has 0 aliphatic rings. The fourth-order valence-electron chi connectivity index (χ4n) is 3.77. The Labute approximate surface area is 159 Å². The molecule has 0 bridgehead atoms. The molecule has 2 aromatic carbocycles. The number of amides is 1. The van der Waals surface area contributed by atoms with Gasteiger partial charge in [-0.2, -0.15) is 0 Å². The number of hydrogen-bond acceptors (Lipinski definition) is 3. The summed E-state index contributed by atoms with van der Waals surface area (Å²) in [7, 11) is 1.89. The quantitative estimate of drug-likeness (QED) is 0.724. The number of rotatable bonds is 5. The molecular formula is C22H26N2O3. The maximum Gasteiger partial charge on any atom is 0.271 e. The maximum absolute atomic E-state index is 13.5. The predicted molar refractivity (Wildman–Crippen MR) is 107 cm³/mol. The van der Waals surface area contributed by atoms with Crippen LogP contribution < -0.4 is 0 Å². The molecule has 5 nitrogen and oxygen atoms in total. The normalized spacial score (nSPS) is 12.3. The first-order valence-electron chi connectivity index (χ1n) is 9.12. The van der Waals surface area contributed by atoms with Crippen molar-refractivity contribution in [1.29, 1.82) is 0 Å². The number of aromatic nitrogens is 1. The van der Waals surface area contributed by atoms with E-state index in [1.807, 2.05) is 50.6 Å². The standard InChI is InChI=1S/C22H26N2O3/c1-14-9-10-19-18(13-14)15(2)21(23(19)4)22(27)24(11-12-25)16(3)17-7-5-6-8-20(17)26/h5-10,13,16,25-26H,11-12H2,1-4H3. The van der Waals surface area contributed by atoms with Gasteiger partial charge in [0.15, 0.2) is 0 Å². The van der Waals surface area contributed by atoms with Gasteiger partial charge in [-0.3, -0.25) is 4.79 Å². The Morgan fingerprint density at radius 2 is 1.89 bits per heavy atom. The molecule has 0 aliphatic heterocycles. The smallest absolute Gasteiger partial charge is 0.271 e. The first-order chi connectivity index (χ1) is 12.9. The van der Waals surface area contributed by atoms with Crippen molar-refractivity contribution in [3.05, 3.63) is 64.8 Å². The molecule has 1 unspecified atom stereocenters. The van der Waals surface area contributed by atoms with E-state index >= 15 is 0 Å². The minimum Gasteiger partial charge on any atom is -0.508 e. The highest BCUT2D eigenvalue weighted by Gasteiger charge is 2.28. The highest BCUT2D eigenvalue weighted by atomic mass is 16.3. The highest BCUT2D eigenvalue weighted by Crippen LogP contribution is 2.32. The Balaban J connectivity index is 2.08. The summed E-state index contributed by atoms with van der Waals surface area (Å²) in [5.41, 5.74) is 4.33. The fourth-order valence-corrected chi connectivity index (χ4v) is 3.77. The lowest BCUT2D eigenvalue weighted by Crippen LogP contribution is -2.37. The minimum atomic E-state index is -0.370. The summed E-state index contributed by atoms with van der Waals surface area (Å²) in [5.74, 6) is -0.0150. The Morgan fingerprint density at radius 1 is 1.19 bits per heavy atom. The number of carbonyl (C=O) groups excluding carboxylic acids is 1. The number of phenolic OH excluding ortho intramolecular Hbond substituents is 1. The second-order valence-corrected chi connectivity index (χ2v) is 7.01. The molecular weight excluding hydrogens is 340 g/mol. The number of nitrogens with zero attached hydrogens (tertiary/aromatic N) is 2. The molecule has 2 N–H and O–H groups in total. The number of hydrogen-bond donors (Lipinski definition) is 2. The minimum absolute atomic E-state index is 0.144. The summed E-state index contributed by atoms with van der Waals surface area (Å²) in [4.78, 5) is 15.1. The topological polar surface area (TPSA) is 65.7 Å². The van der Waals surface area contributed by atoms with Crippen LogP contribution in [0.5, 0.6) is 5.75 Å². The van der Waals surface area contributed by atoms with Crippen LogP contribution >= 0.6 is 0 Å². The summed E-state index contributed by atoms with van der Waals surface area (Å²) < 4.78 is 1.91. The van der Waals surface area contributed by atoms with Gasteiger partial charge in [0.25, 0.3) is 5.91 Å². The second kappa shape index (κ2) is 7.45. The van der Waals surface area contributed by atoms with Crippen molar-refractivity contribution >= 4 is 16.8 Å². The van der Waals surface area contributed by atoms with E-state index in [0.717, 1.165) is 22.0 Å². The number of aliphatic hydroxyl groups excluding tert-OH is 1. The number of aliphatic hydroxyl groups is 1. The molecule has 0 saturated heterocycles. The Morgan fingerprint density at radius 3 is 2.56 bits per heavy atom. The molecule has 1 amide bonds. The van der Waals surface area contributed by atoms with Gasteiger partial charge >= 0.3 is 0 Å². The Bertz CT molecular complexity index is 991. The molecule has 0 radical (unpaired) electrons. The van der Waals surface area contributed by atoms with Crippen molar-refractivity contribution in [3.8, 4) is 5.75 Å². The monoisotopic (exact) mass is 366 g/mol. The Kier molecular flexibility index (Phi) is 5.24. The van der Waals surface area contributed by atoms with Gasteiger partial charge in [-0.15, -0.1) is 0 Å². The van der Waals surface area contributed by atoms with Crippen molar-refractivity contribution in [2.75, 3.05) is 13.2 Å². The number of aryl methyl sites for hydroxylation is 3. The second-order valence-electron chi connectivity index (χ2n) is 7.01. The SMILES string of the molecule is Cc1ccc2c(c1)c(C)c(C(=O)N(CCO)C(C)c1ccccc1O)n2C. The molecule has 142 valence electrons. The van der Waals surface area contributed by atoms with Crippen LogP contribution in [0, 0.1) is 13.8 Å². The van der Waals surface area contributed by atoms with Crippen molar-refractivity contribution in [2.24, 2.45) is 7.05 Å². The van der Waals surface area contributed by atoms with E-state index in [-0.39, 0.29) is 30.9 Å². The average Bonchev–Trinajstić information content (AvgIpc) is 2.89. The van der Waals surface area contributed by atoms with Crippen LogP contribution in [-0.2, 0) is 7.05 Å². The zero-order chi connectivity index (χ0) is 19.7. The van der Waals surface area contributed by atoms with Crippen molar-refractivity contribution in [3.63, 3.8) is 0 Å². The summed E-state index contributed by atoms with van der Waals surface area (Å²) in [6.45, 7) is 5.90. The largest absolute Gasteiger partial charge is 0.508 e. The van der Waals surface area contributed by atoms with Crippen LogP contribution in [0.4, 0.5) is 0 Å². The summed E-state index contributed by atoms with van der Waals surface area (Å²) in [6, 6.07) is 12.8. The zero-order valence-electron chi connectivity index (χ0n) is 16.2. The van der Waals surface area contributed by atoms with Gasteiger partial charge in [0.2, 0.25) is 0 Å². The molecule has 1 aromatic heterocycles. The van der Waals surface area contributed by atoms with Crippen molar-refractivity contribution < 1.29 is 15.0 Å². The predicted octanol–water partition coefficient (Wildman–Crippen LogP) is 3.70. The average molecular weight is 366 g/mol. The van der Waals surface area contributed by atoms with Gasteiger partial charge in [-0.05, 0) is 44.5 Å². The van der Waals surface area contributed by atoms with E-state index in [0.29, 0.717) is 11.3 Å². The van der Waals surface area contributed by atoms with Gasteiger partial charge in [0, 0.05) is 30.1 Å². The van der Waals surface area contributed by atoms with E-state index < -0.39 is 0 Å². The molecule has 0 aliphatic carbocycles. The van der Waals surface area contributed by atoms with E-state index in [2.05, 4.69) is 6.07 Å². The third-order valence-corrected chi connectivity index (χ3v) is 5.27. The molecule has 3 aromatic rings. The van der Waals surface area contributed by atoms with Crippen molar-refractivity contribution in [1.82, 2.24) is 9.47 Å². The number of carbonyl (C=O) groups is 1. The third kappa shape index (κ3) is 3.30. The zero-order valence-corrected chi connectivity index (χ0v) is 16.2. The van der Waals surface area contributed by atoms with Gasteiger partial charge in [-0.25, -0.2) is 0 Å². The van der Waals surface area contributed by atoms with E-state index in [1.165, 1.54) is 0 Å². The van der Waals surface area contributed by atoms with Gasteiger partial charge in [0.05, 0.1) is 12.6 Å². The highest BCUT2D eigenvalue weighted by molar-refractivity contribution is 6.02. The molecule has 27 heavy (non-hydrogen) atoms. The third-order valence-electron chi connectivity index (χ3n) is 5.27. The summed E-state index contributed by atoms with van der Waals surface area (Å²) in [6.07, 6.45) is 0. The maximum atomic E-state index is 13.5. The van der Waals surface area contributed by atoms with E-state index in [1.54, 1.807) is 23.1 Å². The number of benzene rings is 2. The number of aromatic hydroxyl groups is 1. The number of phenols is 1. The summed E-state index contributed by atoms with van der Waals surface area (Å²) >= 11 is 0. The number of para-hydroxylation sites is 1. The molecule has 1 heterocycles. The fraction of sp³-hybridized carbons (Fsp3) is 0.318. The van der Waals surface area contributed by atoms with Gasteiger partial charge in [-0.1, -0.05) is 29.8 Å². The molecule has 0 spiro atoms. The lowest BCUT2D eigenvalue weighted by atomic mass is 10.0. The van der Waals surface area contributed by atoms with Crippen LogP contribution in [0.3, 0.4) is 0 Å². The van der Waals surface area contributed by atoms with E-state index in [4.69, 9.17) is 0 Å². The molecule has 3 rings (SSSR count). The molecule has 0 saturated carbocycles. The first-order valence-corrected chi connectivity index (χ1v) is 9.12. The Hall–Kier alpha value is -2.79. The molecule has 1 atom stereocenters.